The predicted molar refractivity (Wildman–Crippen MR) is 98.1 cm³/mol. The molecular weight excluding hydrogens is 336 g/mol. The third-order valence-corrected chi connectivity index (χ3v) is 5.80. The van der Waals surface area contributed by atoms with Crippen LogP contribution in [0.2, 0.25) is 0 Å². The number of rotatable bonds is 3. The fraction of sp³-hybridized carbons (Fsp3) is 0.368. The highest BCUT2D eigenvalue weighted by Gasteiger charge is 2.25. The van der Waals surface area contributed by atoms with E-state index >= 15 is 0 Å². The Morgan fingerprint density at radius 1 is 0.960 bits per heavy atom. The van der Waals surface area contributed by atoms with Gasteiger partial charge in [-0.2, -0.15) is 12.8 Å². The first-order valence-electron chi connectivity index (χ1n) is 8.48. The van der Waals surface area contributed by atoms with Crippen LogP contribution in [0.15, 0.2) is 57.0 Å². The van der Waals surface area contributed by atoms with Crippen molar-refractivity contribution in [3.8, 4) is 0 Å². The molecule has 1 aromatic rings. The fourth-order valence-corrected chi connectivity index (χ4v) is 4.03. The van der Waals surface area contributed by atoms with Crippen LogP contribution in [-0.2, 0) is 14.8 Å². The number of benzene rings is 1. The average Bonchev–Trinajstić information content (AvgIpc) is 2.59. The maximum atomic E-state index is 12.5. The maximum Gasteiger partial charge on any atom is 0.282 e. The van der Waals surface area contributed by atoms with Gasteiger partial charge in [0.25, 0.3) is 10.0 Å². The summed E-state index contributed by atoms with van der Waals surface area (Å²) < 4.78 is 29.0. The molecule has 0 saturated carbocycles. The first-order valence-corrected chi connectivity index (χ1v) is 9.92. The van der Waals surface area contributed by atoms with E-state index in [1.165, 1.54) is 0 Å². The van der Waals surface area contributed by atoms with Crippen LogP contribution in [0.1, 0.15) is 31.7 Å². The summed E-state index contributed by atoms with van der Waals surface area (Å²) in [6, 6.07) is 6.59. The lowest BCUT2D eigenvalue weighted by molar-refractivity contribution is -0.113. The smallest absolute Gasteiger partial charge is 0.282 e. The predicted octanol–water partition coefficient (Wildman–Crippen LogP) is 3.02. The molecular formula is C19H22N2O3S. The molecule has 132 valence electrons. The number of sulfonamides is 1. The van der Waals surface area contributed by atoms with Crippen molar-refractivity contribution in [2.24, 2.45) is 4.40 Å². The van der Waals surface area contributed by atoms with Crippen molar-refractivity contribution in [2.75, 3.05) is 13.1 Å². The lowest BCUT2D eigenvalue weighted by Gasteiger charge is -2.31. The second-order valence-corrected chi connectivity index (χ2v) is 8.14. The van der Waals surface area contributed by atoms with Crippen LogP contribution < -0.4 is 0 Å². The van der Waals surface area contributed by atoms with Gasteiger partial charge in [0.15, 0.2) is 0 Å². The van der Waals surface area contributed by atoms with Crippen molar-refractivity contribution in [3.05, 3.63) is 53.3 Å². The van der Waals surface area contributed by atoms with Crippen LogP contribution in [0.5, 0.6) is 0 Å². The summed E-state index contributed by atoms with van der Waals surface area (Å²) in [5.41, 5.74) is 2.36. The normalized spacial score (nSPS) is 20.5. The molecule has 1 aliphatic carbocycles. The number of aryl methyl sites for hydroxylation is 1. The van der Waals surface area contributed by atoms with Crippen molar-refractivity contribution in [1.82, 2.24) is 4.90 Å². The molecule has 2 aliphatic rings. The van der Waals surface area contributed by atoms with Crippen LogP contribution >= 0.6 is 0 Å². The lowest BCUT2D eigenvalue weighted by atomic mass is 9.99. The van der Waals surface area contributed by atoms with Crippen molar-refractivity contribution >= 4 is 21.5 Å². The molecule has 0 spiro atoms. The molecule has 1 aromatic carbocycles. The van der Waals surface area contributed by atoms with E-state index in [1.807, 2.05) is 11.8 Å². The van der Waals surface area contributed by atoms with Gasteiger partial charge in [-0.05, 0) is 57.4 Å². The zero-order valence-electron chi connectivity index (χ0n) is 14.5. The van der Waals surface area contributed by atoms with Crippen molar-refractivity contribution in [2.45, 2.75) is 38.0 Å². The van der Waals surface area contributed by atoms with E-state index < -0.39 is 10.0 Å². The van der Waals surface area contributed by atoms with Crippen molar-refractivity contribution in [1.29, 1.82) is 0 Å². The quantitative estimate of drug-likeness (QED) is 0.779. The van der Waals surface area contributed by atoms with Crippen LogP contribution in [0.3, 0.4) is 0 Å². The first kappa shape index (κ1) is 17.6. The molecule has 6 heteroatoms. The Bertz CT molecular complexity index is 872. The number of carbonyl (C=O) groups is 1. The third kappa shape index (κ3) is 3.90. The lowest BCUT2D eigenvalue weighted by Crippen LogP contribution is -2.34. The van der Waals surface area contributed by atoms with Gasteiger partial charge < -0.3 is 4.90 Å². The van der Waals surface area contributed by atoms with E-state index in [2.05, 4.69) is 4.40 Å². The monoisotopic (exact) mass is 358 g/mol. The molecule has 25 heavy (non-hydrogen) atoms. The third-order valence-electron chi connectivity index (χ3n) is 4.48. The summed E-state index contributed by atoms with van der Waals surface area (Å²) in [6.07, 6.45) is 6.40. The Kier molecular flexibility index (Phi) is 4.90. The molecule has 1 aliphatic heterocycles. The minimum Gasteiger partial charge on any atom is -0.368 e. The van der Waals surface area contributed by atoms with Crippen LogP contribution in [0, 0.1) is 6.92 Å². The van der Waals surface area contributed by atoms with Gasteiger partial charge in [0.05, 0.1) is 16.3 Å². The topological polar surface area (TPSA) is 66.8 Å². The molecule has 0 amide bonds. The summed E-state index contributed by atoms with van der Waals surface area (Å²) in [7, 11) is -3.80. The highest BCUT2D eigenvalue weighted by Crippen LogP contribution is 2.22. The number of allylic oxidation sites excluding steroid dienone is 3. The number of Topliss-reactive ketones (excluding diaryl/α,β-unsaturated/α-hetero) is 1. The average molecular weight is 358 g/mol. The Morgan fingerprint density at radius 2 is 1.60 bits per heavy atom. The number of likely N-dealkylation sites (tertiary alicyclic amines) is 1. The number of hydrogen-bond donors (Lipinski definition) is 0. The number of piperidine rings is 1. The standard InChI is InChI=1S/C19H22N2O3S/c1-14-6-8-17(9-7-14)25(23,24)20-16-12-15(2)19(22)18(13-16)21-10-4-3-5-11-21/h6-9,12-13H,3-5,10-11H2,1-2H3/b20-16+. The maximum absolute atomic E-state index is 12.5. The van der Waals surface area contributed by atoms with Crippen LogP contribution in [-0.4, -0.2) is 37.9 Å². The molecule has 5 nitrogen and oxygen atoms in total. The number of nitrogens with zero attached hydrogens (tertiary/aromatic N) is 2. The number of ketones is 1. The Morgan fingerprint density at radius 3 is 2.24 bits per heavy atom. The van der Waals surface area contributed by atoms with Crippen molar-refractivity contribution in [3.63, 3.8) is 0 Å². The van der Waals surface area contributed by atoms with E-state index in [0.717, 1.165) is 37.9 Å². The minimum absolute atomic E-state index is 0.0476. The highest BCUT2D eigenvalue weighted by molar-refractivity contribution is 7.90. The molecule has 0 unspecified atom stereocenters. The van der Waals surface area contributed by atoms with Gasteiger partial charge in [0, 0.05) is 18.7 Å². The van der Waals surface area contributed by atoms with Crippen LogP contribution in [0.4, 0.5) is 0 Å². The van der Waals surface area contributed by atoms with E-state index in [4.69, 9.17) is 0 Å². The van der Waals surface area contributed by atoms with Gasteiger partial charge in [-0.1, -0.05) is 17.7 Å². The zero-order chi connectivity index (χ0) is 18.0. The largest absolute Gasteiger partial charge is 0.368 e. The molecule has 1 saturated heterocycles. The van der Waals surface area contributed by atoms with Crippen molar-refractivity contribution < 1.29 is 13.2 Å². The highest BCUT2D eigenvalue weighted by atomic mass is 32.2. The van der Waals surface area contributed by atoms with Gasteiger partial charge in [-0.3, -0.25) is 4.79 Å². The molecule has 0 bridgehead atoms. The van der Waals surface area contributed by atoms with Gasteiger partial charge in [0.1, 0.15) is 0 Å². The van der Waals surface area contributed by atoms with Crippen LogP contribution in [0.25, 0.3) is 0 Å². The second-order valence-electron chi connectivity index (χ2n) is 6.54. The molecule has 0 aromatic heterocycles. The summed E-state index contributed by atoms with van der Waals surface area (Å²) in [6.45, 7) is 5.24. The summed E-state index contributed by atoms with van der Waals surface area (Å²) in [5.74, 6) is -0.0476. The molecule has 0 radical (unpaired) electrons. The summed E-state index contributed by atoms with van der Waals surface area (Å²) >= 11 is 0. The van der Waals surface area contributed by atoms with Gasteiger partial charge in [0.2, 0.25) is 5.78 Å². The van der Waals surface area contributed by atoms with Gasteiger partial charge in [-0.25, -0.2) is 0 Å². The zero-order valence-corrected chi connectivity index (χ0v) is 15.3. The number of hydrogen-bond acceptors (Lipinski definition) is 4. The summed E-state index contributed by atoms with van der Waals surface area (Å²) in [4.78, 5) is 14.7. The van der Waals surface area contributed by atoms with E-state index in [-0.39, 0.29) is 10.7 Å². The first-order chi connectivity index (χ1) is 11.9. The molecule has 1 heterocycles. The van der Waals surface area contributed by atoms with Gasteiger partial charge in [-0.15, -0.1) is 0 Å². The fourth-order valence-electron chi connectivity index (χ4n) is 3.06. The SMILES string of the molecule is CC1=C/C(=N\S(=O)(=O)c2ccc(C)cc2)C=C(N2CCCCC2)C1=O. The van der Waals surface area contributed by atoms with E-state index in [9.17, 15) is 13.2 Å². The summed E-state index contributed by atoms with van der Waals surface area (Å²) in [5, 5.41) is 0. The Labute approximate surface area is 148 Å². The number of carbonyl (C=O) groups excluding carboxylic acids is 1. The van der Waals surface area contributed by atoms with E-state index in [1.54, 1.807) is 43.3 Å². The van der Waals surface area contributed by atoms with Gasteiger partial charge >= 0.3 is 0 Å². The molecule has 0 N–H and O–H groups in total. The second kappa shape index (κ2) is 6.96. The Hall–Kier alpha value is -2.21. The molecule has 1 fully saturated rings. The molecule has 0 atom stereocenters. The minimum atomic E-state index is -3.80. The molecule has 3 rings (SSSR count). The Balaban J connectivity index is 1.96. The van der Waals surface area contributed by atoms with E-state index in [0.29, 0.717) is 17.0 Å².